The molecule has 0 aromatic heterocycles. The van der Waals surface area contributed by atoms with E-state index in [-0.39, 0.29) is 5.57 Å². The van der Waals surface area contributed by atoms with Crippen molar-refractivity contribution in [2.75, 3.05) is 12.0 Å². The zero-order valence-corrected chi connectivity index (χ0v) is 22.0. The zero-order chi connectivity index (χ0) is 25.1. The highest BCUT2D eigenvalue weighted by molar-refractivity contribution is 9.11. The van der Waals surface area contributed by atoms with Gasteiger partial charge in [-0.15, -0.1) is 0 Å². The molecule has 35 heavy (non-hydrogen) atoms. The number of barbiturate groups is 1. The highest BCUT2D eigenvalue weighted by Gasteiger charge is 2.36. The standard InChI is InChI=1S/C26H20Br2N2O5/c1-15-4-3-5-19(10-15)30-25(32)20(24(31)29-26(30)33)11-16-6-9-22(23(12-16)34-2)35-14-17-7-8-18(27)13-21(17)28/h3-13H,14H2,1-2H3,(H,29,31,33)/b20-11+. The lowest BCUT2D eigenvalue weighted by Crippen LogP contribution is -2.54. The third-order valence-corrected chi connectivity index (χ3v) is 6.49. The van der Waals surface area contributed by atoms with Crippen LogP contribution in [-0.4, -0.2) is 25.0 Å². The van der Waals surface area contributed by atoms with E-state index in [2.05, 4.69) is 37.2 Å². The Bertz CT molecular complexity index is 1370. The number of carbonyl (C=O) groups is 3. The van der Waals surface area contributed by atoms with Crippen molar-refractivity contribution in [1.82, 2.24) is 5.32 Å². The van der Waals surface area contributed by atoms with Crippen LogP contribution in [0.25, 0.3) is 6.08 Å². The van der Waals surface area contributed by atoms with Crippen molar-refractivity contribution in [1.29, 1.82) is 0 Å². The first-order valence-electron chi connectivity index (χ1n) is 10.5. The van der Waals surface area contributed by atoms with Gasteiger partial charge in [-0.25, -0.2) is 9.69 Å². The molecule has 0 unspecified atom stereocenters. The van der Waals surface area contributed by atoms with Gasteiger partial charge >= 0.3 is 6.03 Å². The van der Waals surface area contributed by atoms with Gasteiger partial charge in [-0.3, -0.25) is 14.9 Å². The molecule has 1 fully saturated rings. The van der Waals surface area contributed by atoms with Crippen LogP contribution in [0.1, 0.15) is 16.7 Å². The van der Waals surface area contributed by atoms with Crippen LogP contribution in [0.4, 0.5) is 10.5 Å². The van der Waals surface area contributed by atoms with Gasteiger partial charge in [0.05, 0.1) is 12.8 Å². The fourth-order valence-electron chi connectivity index (χ4n) is 3.51. The minimum Gasteiger partial charge on any atom is -0.493 e. The third-order valence-electron chi connectivity index (χ3n) is 5.26. The number of aryl methyl sites for hydroxylation is 1. The Morgan fingerprint density at radius 3 is 2.49 bits per heavy atom. The van der Waals surface area contributed by atoms with Gasteiger partial charge in [0.2, 0.25) is 0 Å². The van der Waals surface area contributed by atoms with Crippen molar-refractivity contribution < 1.29 is 23.9 Å². The number of carbonyl (C=O) groups excluding carboxylic acids is 3. The maximum absolute atomic E-state index is 13.1. The predicted octanol–water partition coefficient (Wildman–Crippen LogP) is 5.77. The van der Waals surface area contributed by atoms with E-state index < -0.39 is 17.8 Å². The molecule has 0 radical (unpaired) electrons. The first kappa shape index (κ1) is 24.7. The van der Waals surface area contributed by atoms with Crippen LogP contribution in [-0.2, 0) is 16.2 Å². The van der Waals surface area contributed by atoms with Gasteiger partial charge in [-0.2, -0.15) is 0 Å². The summed E-state index contributed by atoms with van der Waals surface area (Å²) in [7, 11) is 1.51. The van der Waals surface area contributed by atoms with E-state index in [1.165, 1.54) is 13.2 Å². The Morgan fingerprint density at radius 2 is 1.77 bits per heavy atom. The molecule has 1 heterocycles. The molecular weight excluding hydrogens is 580 g/mol. The van der Waals surface area contributed by atoms with Gasteiger partial charge in [-0.05, 0) is 60.5 Å². The normalized spacial score (nSPS) is 14.8. The van der Waals surface area contributed by atoms with Crippen molar-refractivity contribution >= 4 is 61.5 Å². The number of ether oxygens (including phenoxy) is 2. The minimum atomic E-state index is -0.789. The first-order valence-corrected chi connectivity index (χ1v) is 12.1. The van der Waals surface area contributed by atoms with Crippen LogP contribution in [0.5, 0.6) is 11.5 Å². The summed E-state index contributed by atoms with van der Waals surface area (Å²) >= 11 is 6.94. The van der Waals surface area contributed by atoms with Gasteiger partial charge in [0.25, 0.3) is 11.8 Å². The van der Waals surface area contributed by atoms with Gasteiger partial charge in [-0.1, -0.05) is 56.1 Å². The first-order chi connectivity index (χ1) is 16.8. The maximum Gasteiger partial charge on any atom is 0.335 e. The SMILES string of the molecule is COc1cc(/C=C2\C(=O)NC(=O)N(c3cccc(C)c3)C2=O)ccc1OCc1ccc(Br)cc1Br. The molecule has 3 aromatic carbocycles. The number of benzene rings is 3. The summed E-state index contributed by atoms with van der Waals surface area (Å²) in [5.74, 6) is -0.532. The Morgan fingerprint density at radius 1 is 0.971 bits per heavy atom. The van der Waals surface area contributed by atoms with Gasteiger partial charge in [0.1, 0.15) is 12.2 Å². The molecular formula is C26H20Br2N2O5. The average molecular weight is 600 g/mol. The van der Waals surface area contributed by atoms with E-state index in [4.69, 9.17) is 9.47 Å². The number of methoxy groups -OCH3 is 1. The molecule has 1 N–H and O–H groups in total. The number of amides is 4. The molecule has 1 aliphatic heterocycles. The van der Waals surface area contributed by atoms with Gasteiger partial charge < -0.3 is 9.47 Å². The second kappa shape index (κ2) is 10.5. The number of rotatable bonds is 6. The number of nitrogens with one attached hydrogen (secondary N) is 1. The number of halogens is 2. The molecule has 0 atom stereocenters. The summed E-state index contributed by atoms with van der Waals surface area (Å²) < 4.78 is 13.3. The summed E-state index contributed by atoms with van der Waals surface area (Å²) in [6.07, 6.45) is 1.42. The smallest absolute Gasteiger partial charge is 0.335 e. The molecule has 7 nitrogen and oxygen atoms in total. The quantitative estimate of drug-likeness (QED) is 0.287. The third kappa shape index (κ3) is 5.47. The molecule has 0 aliphatic carbocycles. The van der Waals surface area contributed by atoms with Crippen LogP contribution in [0.3, 0.4) is 0 Å². The fourth-order valence-corrected chi connectivity index (χ4v) is 4.67. The van der Waals surface area contributed by atoms with Gasteiger partial charge in [0, 0.05) is 14.5 Å². The lowest BCUT2D eigenvalue weighted by atomic mass is 10.1. The van der Waals surface area contributed by atoms with E-state index >= 15 is 0 Å². The van der Waals surface area contributed by atoms with Crippen LogP contribution >= 0.6 is 31.9 Å². The van der Waals surface area contributed by atoms with Crippen LogP contribution in [0.15, 0.2) is 75.2 Å². The van der Waals surface area contributed by atoms with E-state index in [9.17, 15) is 14.4 Å². The average Bonchev–Trinajstić information content (AvgIpc) is 2.81. The van der Waals surface area contributed by atoms with Crippen molar-refractivity contribution in [3.05, 3.63) is 91.9 Å². The van der Waals surface area contributed by atoms with Crippen molar-refractivity contribution in [3.63, 3.8) is 0 Å². The maximum atomic E-state index is 13.1. The van der Waals surface area contributed by atoms with E-state index in [0.29, 0.717) is 29.4 Å². The second-order valence-corrected chi connectivity index (χ2v) is 9.50. The monoisotopic (exact) mass is 598 g/mol. The second-order valence-electron chi connectivity index (χ2n) is 7.73. The van der Waals surface area contributed by atoms with Gasteiger partial charge in [0.15, 0.2) is 11.5 Å². The lowest BCUT2D eigenvalue weighted by Gasteiger charge is -2.26. The molecule has 4 rings (SSSR count). The summed E-state index contributed by atoms with van der Waals surface area (Å²) in [6.45, 7) is 2.15. The Kier molecular flexibility index (Phi) is 7.37. The molecule has 178 valence electrons. The Hall–Kier alpha value is -3.43. The highest BCUT2D eigenvalue weighted by atomic mass is 79.9. The molecule has 3 aromatic rings. The van der Waals surface area contributed by atoms with E-state index in [1.807, 2.05) is 31.2 Å². The van der Waals surface area contributed by atoms with Crippen LogP contribution in [0.2, 0.25) is 0 Å². The van der Waals surface area contributed by atoms with E-state index in [0.717, 1.165) is 25.0 Å². The number of hydrogen-bond acceptors (Lipinski definition) is 5. The molecule has 9 heteroatoms. The summed E-state index contributed by atoms with van der Waals surface area (Å²) in [5, 5.41) is 2.23. The number of nitrogens with zero attached hydrogens (tertiary/aromatic N) is 1. The molecule has 4 amide bonds. The Balaban J connectivity index is 1.59. The lowest BCUT2D eigenvalue weighted by molar-refractivity contribution is -0.122. The number of urea groups is 1. The zero-order valence-electron chi connectivity index (χ0n) is 18.8. The molecule has 1 aliphatic rings. The minimum absolute atomic E-state index is 0.166. The molecule has 1 saturated heterocycles. The van der Waals surface area contributed by atoms with Crippen LogP contribution < -0.4 is 19.7 Å². The number of anilines is 1. The topological polar surface area (TPSA) is 84.9 Å². The Labute approximate surface area is 219 Å². The molecule has 0 saturated carbocycles. The van der Waals surface area contributed by atoms with Crippen molar-refractivity contribution in [2.45, 2.75) is 13.5 Å². The summed E-state index contributed by atoms with van der Waals surface area (Å²) in [4.78, 5) is 39.0. The molecule has 0 spiro atoms. The molecule has 0 bridgehead atoms. The van der Waals surface area contributed by atoms with Crippen molar-refractivity contribution in [3.8, 4) is 11.5 Å². The number of imide groups is 2. The van der Waals surface area contributed by atoms with Crippen LogP contribution in [0, 0.1) is 6.92 Å². The summed E-state index contributed by atoms with van der Waals surface area (Å²) in [6, 6.07) is 17.0. The largest absolute Gasteiger partial charge is 0.493 e. The van der Waals surface area contributed by atoms with E-state index in [1.54, 1.807) is 36.4 Å². The predicted molar refractivity (Wildman–Crippen MR) is 139 cm³/mol. The summed E-state index contributed by atoms with van der Waals surface area (Å²) in [5.41, 5.74) is 2.58. The number of hydrogen-bond donors (Lipinski definition) is 1. The fraction of sp³-hybridized carbons (Fsp3) is 0.115. The highest BCUT2D eigenvalue weighted by Crippen LogP contribution is 2.31. The van der Waals surface area contributed by atoms with Crippen molar-refractivity contribution in [2.24, 2.45) is 0 Å².